The van der Waals surface area contributed by atoms with E-state index in [0.717, 1.165) is 16.0 Å². The van der Waals surface area contributed by atoms with Crippen molar-refractivity contribution in [3.05, 3.63) is 97.6 Å². The van der Waals surface area contributed by atoms with E-state index in [4.69, 9.17) is 9.47 Å². The molecule has 0 atom stereocenters. The molecule has 4 amide bonds. The zero-order chi connectivity index (χ0) is 28.8. The summed E-state index contributed by atoms with van der Waals surface area (Å²) in [6.45, 7) is 3.74. The number of non-ortho nitro benzene ring substituents is 1. The van der Waals surface area contributed by atoms with Gasteiger partial charge in [0, 0.05) is 17.8 Å². The Morgan fingerprint density at radius 2 is 1.80 bits per heavy atom. The number of amides is 4. The second kappa shape index (κ2) is 12.4. The van der Waals surface area contributed by atoms with Crippen molar-refractivity contribution in [1.82, 2.24) is 10.2 Å². The van der Waals surface area contributed by atoms with Crippen LogP contribution in [0, 0.1) is 17.0 Å². The zero-order valence-corrected chi connectivity index (χ0v) is 23.2. The lowest BCUT2D eigenvalue weighted by Crippen LogP contribution is -2.38. The number of imide groups is 1. The second-order valence-corrected chi connectivity index (χ2v) is 9.62. The molecule has 206 valence electrons. The van der Waals surface area contributed by atoms with Gasteiger partial charge in [0.25, 0.3) is 11.6 Å². The van der Waals surface area contributed by atoms with Gasteiger partial charge >= 0.3 is 6.03 Å². The first-order valence-electron chi connectivity index (χ1n) is 12.2. The minimum absolute atomic E-state index is 0.00188. The van der Waals surface area contributed by atoms with Crippen LogP contribution in [-0.4, -0.2) is 40.8 Å². The highest BCUT2D eigenvalue weighted by Gasteiger charge is 2.35. The van der Waals surface area contributed by atoms with Crippen molar-refractivity contribution in [3.63, 3.8) is 0 Å². The molecule has 0 aliphatic carbocycles. The van der Waals surface area contributed by atoms with Gasteiger partial charge in [-0.15, -0.1) is 0 Å². The van der Waals surface area contributed by atoms with Crippen molar-refractivity contribution in [2.24, 2.45) is 0 Å². The number of nitro groups is 1. The van der Waals surface area contributed by atoms with Gasteiger partial charge in [-0.2, -0.15) is 0 Å². The number of ether oxygens (including phenoxy) is 2. The monoisotopic (exact) mass is 608 g/mol. The fourth-order valence-electron chi connectivity index (χ4n) is 3.81. The molecule has 0 saturated carbocycles. The highest BCUT2D eigenvalue weighted by Crippen LogP contribution is 2.38. The summed E-state index contributed by atoms with van der Waals surface area (Å²) < 4.78 is 12.2. The molecule has 0 aromatic heterocycles. The number of anilines is 1. The maximum absolute atomic E-state index is 12.9. The smallest absolute Gasteiger partial charge is 0.329 e. The molecule has 0 bridgehead atoms. The molecule has 2 N–H and O–H groups in total. The molecule has 0 spiro atoms. The molecule has 0 radical (unpaired) electrons. The topological polar surface area (TPSA) is 140 Å². The quantitative estimate of drug-likeness (QED) is 0.140. The number of nitrogens with one attached hydrogen (secondary N) is 2. The average Bonchev–Trinajstić information content (AvgIpc) is 3.17. The highest BCUT2D eigenvalue weighted by atomic mass is 79.9. The van der Waals surface area contributed by atoms with E-state index in [1.807, 2.05) is 19.1 Å². The van der Waals surface area contributed by atoms with Gasteiger partial charge in [-0.1, -0.05) is 17.7 Å². The number of nitro benzene ring substituents is 1. The van der Waals surface area contributed by atoms with Gasteiger partial charge in [0.2, 0.25) is 5.91 Å². The first-order valence-corrected chi connectivity index (χ1v) is 13.0. The fraction of sp³-hybridized carbons (Fsp3) is 0.179. The van der Waals surface area contributed by atoms with Crippen molar-refractivity contribution in [1.29, 1.82) is 0 Å². The Labute approximate surface area is 238 Å². The van der Waals surface area contributed by atoms with Crippen LogP contribution in [-0.2, 0) is 16.2 Å². The van der Waals surface area contributed by atoms with E-state index in [2.05, 4.69) is 26.6 Å². The summed E-state index contributed by atoms with van der Waals surface area (Å²) in [5, 5.41) is 16.0. The molecule has 1 heterocycles. The Balaban J connectivity index is 1.47. The van der Waals surface area contributed by atoms with Crippen LogP contribution in [0.15, 0.2) is 70.8 Å². The molecule has 12 heteroatoms. The van der Waals surface area contributed by atoms with E-state index >= 15 is 0 Å². The summed E-state index contributed by atoms with van der Waals surface area (Å²) in [5.74, 6) is -0.364. The van der Waals surface area contributed by atoms with Crippen molar-refractivity contribution < 1.29 is 28.8 Å². The van der Waals surface area contributed by atoms with E-state index in [1.54, 1.807) is 43.3 Å². The summed E-state index contributed by atoms with van der Waals surface area (Å²) in [6, 6.07) is 15.8. The van der Waals surface area contributed by atoms with Gasteiger partial charge in [-0.25, -0.2) is 9.69 Å². The lowest BCUT2D eigenvalue weighted by atomic mass is 10.1. The Morgan fingerprint density at radius 1 is 1.10 bits per heavy atom. The Kier molecular flexibility index (Phi) is 8.80. The fourth-order valence-corrected chi connectivity index (χ4v) is 4.38. The molecule has 1 saturated heterocycles. The van der Waals surface area contributed by atoms with E-state index in [-0.39, 0.29) is 18.0 Å². The first kappa shape index (κ1) is 28.3. The van der Waals surface area contributed by atoms with Crippen molar-refractivity contribution >= 4 is 51.2 Å². The van der Waals surface area contributed by atoms with Gasteiger partial charge in [0.05, 0.1) is 16.0 Å². The molecule has 3 aromatic rings. The maximum Gasteiger partial charge on any atom is 0.329 e. The third-order valence-corrected chi connectivity index (χ3v) is 6.36. The van der Waals surface area contributed by atoms with Crippen LogP contribution in [0.2, 0.25) is 0 Å². The summed E-state index contributed by atoms with van der Waals surface area (Å²) in [6.07, 6.45) is 1.48. The van der Waals surface area contributed by atoms with Gasteiger partial charge in [-0.05, 0) is 83.4 Å². The molecule has 4 rings (SSSR count). The van der Waals surface area contributed by atoms with Gasteiger partial charge in [-0.3, -0.25) is 19.7 Å². The summed E-state index contributed by atoms with van der Waals surface area (Å²) in [5.41, 5.74) is 2.83. The number of urea groups is 1. The number of carbonyl (C=O) groups is 3. The van der Waals surface area contributed by atoms with E-state index in [0.29, 0.717) is 33.8 Å². The van der Waals surface area contributed by atoms with Gasteiger partial charge in [0.1, 0.15) is 18.8 Å². The SMILES string of the molecule is CCOc1cc(/C=C2/NC(=O)N(CC(=O)Nc3ccc(C)cc3)C2=O)cc(Br)c1OCc1ccc([N+](=O)[O-])cc1. The number of aryl methyl sites for hydroxylation is 1. The minimum Gasteiger partial charge on any atom is -0.490 e. The molecule has 3 aromatic carbocycles. The Morgan fingerprint density at radius 3 is 2.45 bits per heavy atom. The Bertz CT molecular complexity index is 1490. The zero-order valence-electron chi connectivity index (χ0n) is 21.6. The van der Waals surface area contributed by atoms with Crippen molar-refractivity contribution in [2.45, 2.75) is 20.5 Å². The third kappa shape index (κ3) is 6.83. The number of rotatable bonds is 10. The van der Waals surface area contributed by atoms with E-state index < -0.39 is 29.3 Å². The number of nitrogens with zero attached hydrogens (tertiary/aromatic N) is 2. The molecule has 11 nitrogen and oxygen atoms in total. The molecule has 1 aliphatic rings. The van der Waals surface area contributed by atoms with Gasteiger partial charge < -0.3 is 20.1 Å². The number of hydrogen-bond acceptors (Lipinski definition) is 7. The first-order chi connectivity index (χ1) is 19.1. The van der Waals surface area contributed by atoms with Crippen LogP contribution in [0.5, 0.6) is 11.5 Å². The van der Waals surface area contributed by atoms with Crippen LogP contribution in [0.25, 0.3) is 6.08 Å². The highest BCUT2D eigenvalue weighted by molar-refractivity contribution is 9.10. The van der Waals surface area contributed by atoms with Crippen LogP contribution in [0.3, 0.4) is 0 Å². The van der Waals surface area contributed by atoms with Crippen molar-refractivity contribution in [2.75, 3.05) is 18.5 Å². The molecule has 1 fully saturated rings. The van der Waals surface area contributed by atoms with Crippen LogP contribution in [0.1, 0.15) is 23.6 Å². The molecule has 40 heavy (non-hydrogen) atoms. The summed E-state index contributed by atoms with van der Waals surface area (Å²) in [4.78, 5) is 49.1. The van der Waals surface area contributed by atoms with Crippen LogP contribution >= 0.6 is 15.9 Å². The van der Waals surface area contributed by atoms with Crippen LogP contribution in [0.4, 0.5) is 16.2 Å². The lowest BCUT2D eigenvalue weighted by molar-refractivity contribution is -0.384. The number of halogens is 1. The summed E-state index contributed by atoms with van der Waals surface area (Å²) in [7, 11) is 0. The minimum atomic E-state index is -0.706. The molecule has 0 unspecified atom stereocenters. The lowest BCUT2D eigenvalue weighted by Gasteiger charge is -2.15. The largest absolute Gasteiger partial charge is 0.490 e. The molecular formula is C28H25BrN4O7. The van der Waals surface area contributed by atoms with Crippen molar-refractivity contribution in [3.8, 4) is 11.5 Å². The van der Waals surface area contributed by atoms with E-state index in [9.17, 15) is 24.5 Å². The Hall–Kier alpha value is -4.71. The number of benzene rings is 3. The standard InChI is InChI=1S/C28H25BrN4O7/c1-3-39-24-14-19(12-22(29)26(24)40-16-18-6-10-21(11-7-18)33(37)38)13-23-27(35)32(28(36)31-23)15-25(34)30-20-8-4-17(2)5-9-20/h4-14H,3,15-16H2,1-2H3,(H,30,34)(H,31,36)/b23-13+. The number of hydrogen-bond donors (Lipinski definition) is 2. The van der Waals surface area contributed by atoms with E-state index in [1.165, 1.54) is 18.2 Å². The molecule has 1 aliphatic heterocycles. The predicted molar refractivity (Wildman–Crippen MR) is 151 cm³/mol. The maximum atomic E-state index is 12.9. The predicted octanol–water partition coefficient (Wildman–Crippen LogP) is 5.17. The molecular weight excluding hydrogens is 584 g/mol. The van der Waals surface area contributed by atoms with Gasteiger partial charge in [0.15, 0.2) is 11.5 Å². The van der Waals surface area contributed by atoms with Crippen LogP contribution < -0.4 is 20.1 Å². The normalized spacial score (nSPS) is 13.8. The third-order valence-electron chi connectivity index (χ3n) is 5.77. The average molecular weight is 609 g/mol. The number of carbonyl (C=O) groups excluding carboxylic acids is 3. The second-order valence-electron chi connectivity index (χ2n) is 8.77. The summed E-state index contributed by atoms with van der Waals surface area (Å²) >= 11 is 3.47.